The largest absolute Gasteiger partial charge is 0.457 e. The van der Waals surface area contributed by atoms with E-state index in [9.17, 15) is 9.18 Å². The number of nitrogens with one attached hydrogen (secondary N) is 2. The molecule has 2 aliphatic heterocycles. The summed E-state index contributed by atoms with van der Waals surface area (Å²) in [7, 11) is 0. The van der Waals surface area contributed by atoms with E-state index in [0.29, 0.717) is 29.0 Å². The number of benzene rings is 3. The first-order chi connectivity index (χ1) is 23.7. The van der Waals surface area contributed by atoms with Crippen LogP contribution < -0.4 is 15.4 Å². The summed E-state index contributed by atoms with van der Waals surface area (Å²) in [5, 5.41) is 7.61. The zero-order valence-electron chi connectivity index (χ0n) is 29.6. The molecule has 2 aliphatic rings. The van der Waals surface area contributed by atoms with Crippen molar-refractivity contribution in [3.05, 3.63) is 93.7 Å². The van der Waals surface area contributed by atoms with Crippen LogP contribution in [0, 0.1) is 5.82 Å². The Balaban J connectivity index is 1.34. The molecule has 2 atom stereocenters. The van der Waals surface area contributed by atoms with Gasteiger partial charge in [0.15, 0.2) is 5.96 Å². The van der Waals surface area contributed by atoms with Gasteiger partial charge in [0.25, 0.3) is 0 Å². The number of ether oxygens (including phenoxy) is 3. The van der Waals surface area contributed by atoms with Crippen LogP contribution in [0.4, 0.5) is 9.18 Å². The molecule has 5 rings (SSSR count). The molecule has 2 saturated heterocycles. The van der Waals surface area contributed by atoms with E-state index in [1.165, 1.54) is 23.8 Å². The maximum absolute atomic E-state index is 13.8. The molecule has 0 spiro atoms. The van der Waals surface area contributed by atoms with Gasteiger partial charge in [0, 0.05) is 48.9 Å². The third kappa shape index (κ3) is 10.2. The van der Waals surface area contributed by atoms with Gasteiger partial charge in [-0.05, 0) is 84.2 Å². The highest BCUT2D eigenvalue weighted by Gasteiger charge is 2.49. The second-order valence-electron chi connectivity index (χ2n) is 14.3. The number of hydrogen-bond acceptors (Lipinski definition) is 6. The zero-order valence-corrected chi connectivity index (χ0v) is 31.2. The van der Waals surface area contributed by atoms with Crippen molar-refractivity contribution in [2.24, 2.45) is 4.99 Å². The molecule has 50 heavy (non-hydrogen) atoms. The number of hydrogen-bond donors (Lipinski definition) is 2. The van der Waals surface area contributed by atoms with Crippen molar-refractivity contribution < 1.29 is 23.4 Å². The van der Waals surface area contributed by atoms with E-state index in [1.54, 1.807) is 17.0 Å². The third-order valence-electron chi connectivity index (χ3n) is 8.73. The molecule has 0 aliphatic carbocycles. The van der Waals surface area contributed by atoms with Gasteiger partial charge >= 0.3 is 6.09 Å². The Morgan fingerprint density at radius 3 is 2.46 bits per heavy atom. The van der Waals surface area contributed by atoms with Crippen molar-refractivity contribution in [3.63, 3.8) is 0 Å². The number of piperidine rings is 1. The van der Waals surface area contributed by atoms with Crippen LogP contribution in [0.2, 0.25) is 10.0 Å². The molecule has 12 heteroatoms. The quantitative estimate of drug-likeness (QED) is 0.169. The first-order valence-electron chi connectivity index (χ1n) is 17.1. The fourth-order valence-electron chi connectivity index (χ4n) is 6.33. The maximum atomic E-state index is 13.8. The summed E-state index contributed by atoms with van der Waals surface area (Å²) in [6, 6.07) is 19.9. The van der Waals surface area contributed by atoms with E-state index in [4.69, 9.17) is 42.4 Å². The van der Waals surface area contributed by atoms with Gasteiger partial charge in [-0.15, -0.1) is 0 Å². The van der Waals surface area contributed by atoms with Gasteiger partial charge in [-0.25, -0.2) is 14.2 Å². The molecule has 2 unspecified atom stereocenters. The fraction of sp³-hybridized carbons (Fsp3) is 0.474. The van der Waals surface area contributed by atoms with Crippen molar-refractivity contribution >= 4 is 35.3 Å². The van der Waals surface area contributed by atoms with Crippen LogP contribution in [0.5, 0.6) is 11.5 Å². The topological polar surface area (TPSA) is 87.7 Å². The third-order valence-corrected chi connectivity index (χ3v) is 9.25. The Kier molecular flexibility index (Phi) is 12.2. The summed E-state index contributed by atoms with van der Waals surface area (Å²) < 4.78 is 31.9. The molecule has 0 bridgehead atoms. The summed E-state index contributed by atoms with van der Waals surface area (Å²) in [6.45, 7) is 14.7. The molecule has 2 heterocycles. The van der Waals surface area contributed by atoms with Gasteiger partial charge in [-0.2, -0.15) is 0 Å². The van der Waals surface area contributed by atoms with Crippen molar-refractivity contribution in [2.45, 2.75) is 97.0 Å². The number of rotatable bonds is 9. The molecule has 0 aromatic heterocycles. The molecule has 0 radical (unpaired) electrons. The smallest absolute Gasteiger partial charge is 0.412 e. The summed E-state index contributed by atoms with van der Waals surface area (Å²) >= 11 is 12.4. The number of likely N-dealkylation sites (tertiary alicyclic amines) is 1. The minimum absolute atomic E-state index is 0.0386. The van der Waals surface area contributed by atoms with Crippen LogP contribution in [0.15, 0.2) is 71.7 Å². The molecule has 2 N–H and O–H groups in total. The van der Waals surface area contributed by atoms with Crippen molar-refractivity contribution in [1.82, 2.24) is 20.4 Å². The Bertz CT molecular complexity index is 1640. The molecular weight excluding hydrogens is 680 g/mol. The number of guanidine groups is 1. The normalized spacial score (nSPS) is 20.1. The summed E-state index contributed by atoms with van der Waals surface area (Å²) in [6.07, 6.45) is 1.19. The predicted octanol–water partition coefficient (Wildman–Crippen LogP) is 8.39. The van der Waals surface area contributed by atoms with Crippen LogP contribution in [0.25, 0.3) is 0 Å². The van der Waals surface area contributed by atoms with Gasteiger partial charge in [-0.3, -0.25) is 9.80 Å². The lowest BCUT2D eigenvalue weighted by Crippen LogP contribution is -2.55. The van der Waals surface area contributed by atoms with Crippen molar-refractivity contribution in [3.8, 4) is 11.5 Å². The molecule has 270 valence electrons. The van der Waals surface area contributed by atoms with E-state index >= 15 is 0 Å². The second-order valence-corrected chi connectivity index (χ2v) is 15.2. The lowest BCUT2D eigenvalue weighted by atomic mass is 10.0. The number of carbonyl (C=O) groups is 1. The van der Waals surface area contributed by atoms with Crippen LogP contribution >= 0.6 is 23.2 Å². The Morgan fingerprint density at radius 2 is 1.78 bits per heavy atom. The van der Waals surface area contributed by atoms with Crippen LogP contribution in [-0.4, -0.2) is 71.0 Å². The first kappa shape index (κ1) is 37.7. The van der Waals surface area contributed by atoms with Crippen LogP contribution in [-0.2, 0) is 22.6 Å². The highest BCUT2D eigenvalue weighted by atomic mass is 35.5. The zero-order chi connectivity index (χ0) is 36.1. The highest BCUT2D eigenvalue weighted by molar-refractivity contribution is 6.31. The number of nitrogens with zero attached hydrogens (tertiary/aromatic N) is 3. The van der Waals surface area contributed by atoms with E-state index < -0.39 is 23.2 Å². The minimum atomic E-state index is -0.858. The van der Waals surface area contributed by atoms with Crippen molar-refractivity contribution in [1.29, 1.82) is 0 Å². The van der Waals surface area contributed by atoms with Crippen LogP contribution in [0.3, 0.4) is 0 Å². The number of halogens is 3. The Labute approximate surface area is 305 Å². The first-order valence-corrected chi connectivity index (χ1v) is 17.8. The monoisotopic (exact) mass is 727 g/mol. The summed E-state index contributed by atoms with van der Waals surface area (Å²) in [5.41, 5.74) is 0.557. The Morgan fingerprint density at radius 1 is 1.06 bits per heavy atom. The van der Waals surface area contributed by atoms with E-state index in [1.807, 2.05) is 53.7 Å². The van der Waals surface area contributed by atoms with Gasteiger partial charge in [0.1, 0.15) is 28.6 Å². The number of aliphatic imine (C=N–C) groups is 1. The van der Waals surface area contributed by atoms with E-state index in [0.717, 1.165) is 38.0 Å². The summed E-state index contributed by atoms with van der Waals surface area (Å²) in [5.74, 6) is 0.923. The van der Waals surface area contributed by atoms with Crippen LogP contribution in [0.1, 0.15) is 65.5 Å². The molecule has 9 nitrogen and oxygen atoms in total. The molecule has 0 saturated carbocycles. The van der Waals surface area contributed by atoms with E-state index in [2.05, 4.69) is 39.8 Å². The number of carbonyl (C=O) groups excluding carboxylic acids is 1. The molecule has 3 aromatic rings. The molecule has 2 fully saturated rings. The lowest BCUT2D eigenvalue weighted by molar-refractivity contribution is -0.0755. The van der Waals surface area contributed by atoms with Gasteiger partial charge in [0.05, 0.1) is 23.7 Å². The minimum Gasteiger partial charge on any atom is -0.457 e. The molecular formula is C38H48Cl2FN5O4. The number of amides is 1. The molecule has 1 amide bonds. The Hall–Kier alpha value is -3.57. The van der Waals surface area contributed by atoms with Gasteiger partial charge < -0.3 is 24.8 Å². The summed E-state index contributed by atoms with van der Waals surface area (Å²) in [4.78, 5) is 22.5. The second kappa shape index (κ2) is 16.2. The van der Waals surface area contributed by atoms with Crippen molar-refractivity contribution in [2.75, 3.05) is 19.6 Å². The average Bonchev–Trinajstić information content (AvgIpc) is 3.28. The standard InChI is InChI=1S/C38H48Cl2FN5O4/c1-25-33(46(38(5,6)49-25)36(47)50-37(2,3)4)23-43-35(44-29-16-18-45(19-17-29)24-26-10-8-7-9-11-26)42-22-27-12-13-28(39)20-34(27)48-30-14-15-32(41)31(40)21-30/h7-15,20-21,25,29,33H,16-19,22-24H2,1-6H3,(H2,42,43,44). The predicted molar refractivity (Wildman–Crippen MR) is 196 cm³/mol. The maximum Gasteiger partial charge on any atom is 0.412 e. The lowest BCUT2D eigenvalue weighted by Gasteiger charge is -2.36. The van der Waals surface area contributed by atoms with Gasteiger partial charge in [0.2, 0.25) is 0 Å². The highest BCUT2D eigenvalue weighted by Crippen LogP contribution is 2.34. The molecule has 3 aromatic carbocycles. The average molecular weight is 729 g/mol. The van der Waals surface area contributed by atoms with Gasteiger partial charge in [-0.1, -0.05) is 59.6 Å². The van der Waals surface area contributed by atoms with E-state index in [-0.39, 0.29) is 29.8 Å². The SMILES string of the molecule is CC1OC(C)(C)N(C(=O)OC(C)(C)C)C1CNC(=NCc1ccc(Cl)cc1Oc1ccc(F)c(Cl)c1)NC1CCN(Cc2ccccc2)CC1. The fourth-order valence-corrected chi connectivity index (χ4v) is 6.67.